The van der Waals surface area contributed by atoms with Crippen LogP contribution in [-0.2, 0) is 0 Å². The molecule has 0 saturated heterocycles. The van der Waals surface area contributed by atoms with Crippen LogP contribution >= 0.6 is 23.2 Å². The van der Waals surface area contributed by atoms with Crippen molar-refractivity contribution in [3.8, 4) is 0 Å². The van der Waals surface area contributed by atoms with Crippen molar-refractivity contribution in [2.45, 2.75) is 6.10 Å². The van der Waals surface area contributed by atoms with Gasteiger partial charge in [0.2, 0.25) is 0 Å². The summed E-state index contributed by atoms with van der Waals surface area (Å²) >= 11 is 11.6. The third kappa shape index (κ3) is 4.16. The van der Waals surface area contributed by atoms with E-state index in [2.05, 4.69) is 5.32 Å². The first kappa shape index (κ1) is 16.7. The number of aliphatic hydroxyl groups excluding tert-OH is 1. The summed E-state index contributed by atoms with van der Waals surface area (Å²) in [6.45, 7) is -0.203. The molecule has 22 heavy (non-hydrogen) atoms. The van der Waals surface area contributed by atoms with Crippen molar-refractivity contribution in [3.63, 3.8) is 0 Å². The number of rotatable bonds is 4. The molecule has 0 bridgehead atoms. The van der Waals surface area contributed by atoms with Gasteiger partial charge in [0.25, 0.3) is 5.91 Å². The molecule has 0 aliphatic rings. The van der Waals surface area contributed by atoms with Crippen LogP contribution in [0.5, 0.6) is 0 Å². The highest BCUT2D eigenvalue weighted by molar-refractivity contribution is 6.34. The molecule has 0 fully saturated rings. The molecule has 0 heterocycles. The number of nitrogens with one attached hydrogen (secondary N) is 1. The van der Waals surface area contributed by atoms with Crippen molar-refractivity contribution in [3.05, 3.63) is 69.2 Å². The van der Waals surface area contributed by atoms with Crippen LogP contribution in [0.15, 0.2) is 36.4 Å². The highest BCUT2D eigenvalue weighted by Gasteiger charge is 2.15. The molecule has 0 aromatic heterocycles. The molecule has 116 valence electrons. The quantitative estimate of drug-likeness (QED) is 0.886. The molecule has 2 rings (SSSR count). The van der Waals surface area contributed by atoms with Gasteiger partial charge in [-0.3, -0.25) is 4.79 Å². The predicted octanol–water partition coefficient (Wildman–Crippen LogP) is 3.74. The third-order valence-corrected chi connectivity index (χ3v) is 3.34. The molecular formula is C15H11Cl2F2NO2. The Labute approximate surface area is 135 Å². The first-order valence-corrected chi connectivity index (χ1v) is 6.99. The Morgan fingerprint density at radius 3 is 2.41 bits per heavy atom. The summed E-state index contributed by atoms with van der Waals surface area (Å²) in [5.41, 5.74) is -0.0335. The second kappa shape index (κ2) is 7.05. The van der Waals surface area contributed by atoms with E-state index in [9.17, 15) is 18.7 Å². The minimum absolute atomic E-state index is 0.203. The molecule has 0 saturated carbocycles. The Hall–Kier alpha value is -1.69. The molecule has 2 aromatic carbocycles. The van der Waals surface area contributed by atoms with Gasteiger partial charge in [0.05, 0.1) is 11.7 Å². The lowest BCUT2D eigenvalue weighted by Gasteiger charge is -2.13. The summed E-state index contributed by atoms with van der Waals surface area (Å²) in [5, 5.41) is 13.0. The molecule has 3 nitrogen and oxygen atoms in total. The fourth-order valence-corrected chi connectivity index (χ4v) is 2.38. The minimum Gasteiger partial charge on any atom is -0.387 e. The summed E-state index contributed by atoms with van der Waals surface area (Å²) in [6.07, 6.45) is -1.09. The monoisotopic (exact) mass is 345 g/mol. The van der Waals surface area contributed by atoms with Crippen molar-refractivity contribution in [2.75, 3.05) is 6.54 Å². The zero-order valence-corrected chi connectivity index (χ0v) is 12.6. The van der Waals surface area contributed by atoms with Crippen molar-refractivity contribution in [1.29, 1.82) is 0 Å². The number of carbonyl (C=O) groups is 1. The summed E-state index contributed by atoms with van der Waals surface area (Å²) in [6, 6.07) is 7.04. The third-order valence-electron chi connectivity index (χ3n) is 2.90. The normalized spacial score (nSPS) is 12.0. The predicted molar refractivity (Wildman–Crippen MR) is 80.1 cm³/mol. The number of amides is 1. The SMILES string of the molecule is O=C(NCC(O)c1cc(Cl)cc(Cl)c1)c1cc(F)ccc1F. The van der Waals surface area contributed by atoms with Gasteiger partial charge in [0.1, 0.15) is 11.6 Å². The molecule has 1 unspecified atom stereocenters. The van der Waals surface area contributed by atoms with E-state index in [0.29, 0.717) is 15.6 Å². The van der Waals surface area contributed by atoms with E-state index in [0.717, 1.165) is 18.2 Å². The summed E-state index contributed by atoms with van der Waals surface area (Å²) in [4.78, 5) is 11.8. The van der Waals surface area contributed by atoms with Crippen LogP contribution in [0.2, 0.25) is 10.0 Å². The first-order valence-electron chi connectivity index (χ1n) is 6.24. The van der Waals surface area contributed by atoms with Gasteiger partial charge in [0, 0.05) is 16.6 Å². The van der Waals surface area contributed by atoms with E-state index in [-0.39, 0.29) is 6.54 Å². The number of hydrogen-bond acceptors (Lipinski definition) is 2. The zero-order valence-electron chi connectivity index (χ0n) is 11.1. The minimum atomic E-state index is -1.09. The lowest BCUT2D eigenvalue weighted by molar-refractivity contribution is 0.0912. The topological polar surface area (TPSA) is 49.3 Å². The van der Waals surface area contributed by atoms with Crippen LogP contribution in [0.3, 0.4) is 0 Å². The van der Waals surface area contributed by atoms with E-state index in [1.807, 2.05) is 0 Å². The molecule has 7 heteroatoms. The van der Waals surface area contributed by atoms with E-state index >= 15 is 0 Å². The first-order chi connectivity index (χ1) is 10.4. The largest absolute Gasteiger partial charge is 0.387 e. The van der Waals surface area contributed by atoms with E-state index < -0.39 is 29.2 Å². The van der Waals surface area contributed by atoms with Gasteiger partial charge in [-0.05, 0) is 42.0 Å². The van der Waals surface area contributed by atoms with Crippen LogP contribution < -0.4 is 5.32 Å². The molecule has 0 radical (unpaired) electrons. The Morgan fingerprint density at radius 1 is 1.14 bits per heavy atom. The maximum atomic E-state index is 13.4. The highest BCUT2D eigenvalue weighted by atomic mass is 35.5. The van der Waals surface area contributed by atoms with Gasteiger partial charge in [0.15, 0.2) is 0 Å². The molecule has 2 aromatic rings. The van der Waals surface area contributed by atoms with Gasteiger partial charge in [-0.2, -0.15) is 0 Å². The number of benzene rings is 2. The van der Waals surface area contributed by atoms with Crippen LogP contribution in [0, 0.1) is 11.6 Å². The van der Waals surface area contributed by atoms with Gasteiger partial charge in [-0.25, -0.2) is 8.78 Å². The molecule has 2 N–H and O–H groups in total. The summed E-state index contributed by atoms with van der Waals surface area (Å²) < 4.78 is 26.5. The van der Waals surface area contributed by atoms with Crippen molar-refractivity contribution in [1.82, 2.24) is 5.32 Å². The highest BCUT2D eigenvalue weighted by Crippen LogP contribution is 2.23. The molecule has 1 atom stereocenters. The van der Waals surface area contributed by atoms with Crippen LogP contribution in [0.4, 0.5) is 8.78 Å². The Morgan fingerprint density at radius 2 is 1.77 bits per heavy atom. The maximum absolute atomic E-state index is 13.4. The summed E-state index contributed by atoms with van der Waals surface area (Å²) in [5.74, 6) is -2.41. The average Bonchev–Trinajstić information content (AvgIpc) is 2.45. The standard InChI is InChI=1S/C15H11Cl2F2NO2/c16-9-3-8(4-10(17)5-9)14(21)7-20-15(22)12-6-11(18)1-2-13(12)19/h1-6,14,21H,7H2,(H,20,22). The molecule has 1 amide bonds. The Balaban J connectivity index is 2.05. The summed E-state index contributed by atoms with van der Waals surface area (Å²) in [7, 11) is 0. The van der Waals surface area contributed by atoms with E-state index in [1.165, 1.54) is 18.2 Å². The molecule has 0 spiro atoms. The van der Waals surface area contributed by atoms with Gasteiger partial charge >= 0.3 is 0 Å². The van der Waals surface area contributed by atoms with Crippen LogP contribution in [0.25, 0.3) is 0 Å². The van der Waals surface area contributed by atoms with Crippen molar-refractivity contribution < 1.29 is 18.7 Å². The molecule has 0 aliphatic carbocycles. The van der Waals surface area contributed by atoms with Crippen molar-refractivity contribution >= 4 is 29.1 Å². The smallest absolute Gasteiger partial charge is 0.254 e. The Kier molecular flexibility index (Phi) is 5.34. The Bertz CT molecular complexity index is 690. The fourth-order valence-electron chi connectivity index (χ4n) is 1.84. The maximum Gasteiger partial charge on any atom is 0.254 e. The second-order valence-corrected chi connectivity index (χ2v) is 5.43. The lowest BCUT2D eigenvalue weighted by Crippen LogP contribution is -2.29. The van der Waals surface area contributed by atoms with E-state index in [4.69, 9.17) is 23.2 Å². The van der Waals surface area contributed by atoms with Gasteiger partial charge in [-0.15, -0.1) is 0 Å². The van der Waals surface area contributed by atoms with Crippen LogP contribution in [-0.4, -0.2) is 17.6 Å². The van der Waals surface area contributed by atoms with Gasteiger partial charge < -0.3 is 10.4 Å². The lowest BCUT2D eigenvalue weighted by atomic mass is 10.1. The average molecular weight is 346 g/mol. The number of hydrogen-bond donors (Lipinski definition) is 2. The number of aliphatic hydroxyl groups is 1. The van der Waals surface area contributed by atoms with Crippen molar-refractivity contribution in [2.24, 2.45) is 0 Å². The number of halogens is 4. The zero-order chi connectivity index (χ0) is 16.3. The van der Waals surface area contributed by atoms with Gasteiger partial charge in [-0.1, -0.05) is 23.2 Å². The second-order valence-electron chi connectivity index (χ2n) is 4.55. The van der Waals surface area contributed by atoms with Crippen LogP contribution in [0.1, 0.15) is 22.0 Å². The molecule has 0 aliphatic heterocycles. The fraction of sp³-hybridized carbons (Fsp3) is 0.133. The van der Waals surface area contributed by atoms with E-state index in [1.54, 1.807) is 0 Å². The molecular weight excluding hydrogens is 335 g/mol. The number of carbonyl (C=O) groups excluding carboxylic acids is 1.